The fraction of sp³-hybridized carbons (Fsp3) is 0.316. The molecule has 0 saturated carbocycles. The first-order chi connectivity index (χ1) is 10.6. The minimum absolute atomic E-state index is 0.761. The van der Waals surface area contributed by atoms with Crippen molar-refractivity contribution in [3.8, 4) is 0 Å². The van der Waals surface area contributed by atoms with Crippen molar-refractivity contribution in [1.82, 2.24) is 5.32 Å². The number of nitrogens with one attached hydrogen (secondary N) is 1. The van der Waals surface area contributed by atoms with E-state index in [9.17, 15) is 0 Å². The van der Waals surface area contributed by atoms with Gasteiger partial charge in [-0.15, -0.1) is 0 Å². The number of hydrogen-bond donors (Lipinski definition) is 1. The number of thiocarbonyl (C=S) groups is 1. The number of hydrogen-bond acceptors (Lipinski definition) is 2. The second kappa shape index (κ2) is 7.95. The van der Waals surface area contributed by atoms with E-state index in [0.29, 0.717) is 0 Å². The number of aryl methyl sites for hydroxylation is 1. The molecule has 3 heteroatoms. The van der Waals surface area contributed by atoms with Gasteiger partial charge in [-0.2, -0.15) is 0 Å². The second-order valence-electron chi connectivity index (χ2n) is 5.39. The van der Waals surface area contributed by atoms with Crippen LogP contribution in [0.2, 0.25) is 0 Å². The fourth-order valence-electron chi connectivity index (χ4n) is 2.40. The van der Waals surface area contributed by atoms with E-state index in [0.717, 1.165) is 30.2 Å². The summed E-state index contributed by atoms with van der Waals surface area (Å²) in [6.07, 6.45) is 0. The van der Waals surface area contributed by atoms with Crippen LogP contribution in [0.5, 0.6) is 0 Å². The molecule has 0 fully saturated rings. The zero-order valence-electron chi connectivity index (χ0n) is 13.6. The lowest BCUT2D eigenvalue weighted by Gasteiger charge is -2.21. The highest BCUT2D eigenvalue weighted by Gasteiger charge is 2.04. The van der Waals surface area contributed by atoms with Gasteiger partial charge in [-0.3, -0.25) is 0 Å². The summed E-state index contributed by atoms with van der Waals surface area (Å²) in [7, 11) is 0. The predicted molar refractivity (Wildman–Crippen MR) is 99.7 cm³/mol. The molecular formula is C19H24N2S. The average molecular weight is 312 g/mol. The molecule has 0 spiro atoms. The van der Waals surface area contributed by atoms with Crippen LogP contribution >= 0.6 is 12.2 Å². The van der Waals surface area contributed by atoms with Gasteiger partial charge in [-0.25, -0.2) is 0 Å². The minimum atomic E-state index is 0.761. The van der Waals surface area contributed by atoms with Gasteiger partial charge < -0.3 is 10.2 Å². The molecule has 0 bridgehead atoms. The molecule has 0 aromatic heterocycles. The highest BCUT2D eigenvalue weighted by molar-refractivity contribution is 7.80. The Hall–Kier alpha value is -1.87. The van der Waals surface area contributed by atoms with Gasteiger partial charge in [0.1, 0.15) is 4.99 Å². The number of nitrogens with zero attached hydrogens (tertiary/aromatic N) is 1. The molecule has 0 amide bonds. The van der Waals surface area contributed by atoms with Crippen LogP contribution in [0.4, 0.5) is 5.69 Å². The van der Waals surface area contributed by atoms with Gasteiger partial charge in [0, 0.05) is 30.9 Å². The maximum absolute atomic E-state index is 5.49. The topological polar surface area (TPSA) is 15.3 Å². The normalized spacial score (nSPS) is 10.3. The van der Waals surface area contributed by atoms with Crippen molar-refractivity contribution in [3.05, 3.63) is 65.2 Å². The average Bonchev–Trinajstić information content (AvgIpc) is 2.56. The van der Waals surface area contributed by atoms with Crippen molar-refractivity contribution in [2.24, 2.45) is 0 Å². The van der Waals surface area contributed by atoms with Gasteiger partial charge >= 0.3 is 0 Å². The fourth-order valence-corrected chi connectivity index (χ4v) is 2.61. The third-order valence-corrected chi connectivity index (χ3v) is 4.21. The summed E-state index contributed by atoms with van der Waals surface area (Å²) in [5.41, 5.74) is 4.83. The number of benzene rings is 2. The second-order valence-corrected chi connectivity index (χ2v) is 5.80. The van der Waals surface area contributed by atoms with E-state index in [1.165, 1.54) is 16.8 Å². The lowest BCUT2D eigenvalue weighted by atomic mass is 10.1. The van der Waals surface area contributed by atoms with E-state index in [1.54, 1.807) is 0 Å². The molecule has 0 saturated heterocycles. The van der Waals surface area contributed by atoms with Crippen LogP contribution in [0.3, 0.4) is 0 Å². The van der Waals surface area contributed by atoms with Crippen LogP contribution < -0.4 is 10.2 Å². The molecule has 22 heavy (non-hydrogen) atoms. The maximum Gasteiger partial charge on any atom is 0.106 e. The summed E-state index contributed by atoms with van der Waals surface area (Å²) < 4.78 is 0. The van der Waals surface area contributed by atoms with E-state index >= 15 is 0 Å². The van der Waals surface area contributed by atoms with Crippen LogP contribution in [-0.4, -0.2) is 18.1 Å². The molecule has 0 unspecified atom stereocenters. The van der Waals surface area contributed by atoms with Crippen LogP contribution in [0.1, 0.15) is 30.5 Å². The third kappa shape index (κ3) is 4.31. The first kappa shape index (κ1) is 16.5. The van der Waals surface area contributed by atoms with Crippen molar-refractivity contribution >= 4 is 22.9 Å². The molecule has 0 aliphatic rings. The summed E-state index contributed by atoms with van der Waals surface area (Å²) in [4.78, 5) is 3.12. The first-order valence-corrected chi connectivity index (χ1v) is 8.23. The van der Waals surface area contributed by atoms with Crippen LogP contribution in [0, 0.1) is 6.92 Å². The number of rotatable bonds is 6. The molecule has 2 aromatic carbocycles. The monoisotopic (exact) mass is 312 g/mol. The summed E-state index contributed by atoms with van der Waals surface area (Å²) >= 11 is 5.49. The summed E-state index contributed by atoms with van der Waals surface area (Å²) in [6.45, 7) is 9.24. The van der Waals surface area contributed by atoms with Gasteiger partial charge in [0.15, 0.2) is 0 Å². The van der Waals surface area contributed by atoms with Gasteiger partial charge in [0.05, 0.1) is 0 Å². The molecule has 0 radical (unpaired) electrons. The van der Waals surface area contributed by atoms with E-state index in [2.05, 4.69) is 79.5 Å². The maximum atomic E-state index is 5.49. The van der Waals surface area contributed by atoms with Gasteiger partial charge in [-0.05, 0) is 50.6 Å². The molecule has 2 rings (SSSR count). The smallest absolute Gasteiger partial charge is 0.106 e. The van der Waals surface area contributed by atoms with Crippen molar-refractivity contribution in [1.29, 1.82) is 0 Å². The molecule has 116 valence electrons. The Morgan fingerprint density at radius 2 is 1.55 bits per heavy atom. The van der Waals surface area contributed by atoms with E-state index in [4.69, 9.17) is 12.2 Å². The molecule has 0 heterocycles. The Morgan fingerprint density at radius 1 is 0.955 bits per heavy atom. The third-order valence-electron chi connectivity index (χ3n) is 3.83. The largest absolute Gasteiger partial charge is 0.372 e. The first-order valence-electron chi connectivity index (χ1n) is 7.82. The van der Waals surface area contributed by atoms with E-state index < -0.39 is 0 Å². The quantitative estimate of drug-likeness (QED) is 0.800. The summed E-state index contributed by atoms with van der Waals surface area (Å²) in [5, 5.41) is 3.33. The summed E-state index contributed by atoms with van der Waals surface area (Å²) in [5.74, 6) is 0. The van der Waals surface area contributed by atoms with E-state index in [1.807, 2.05) is 0 Å². The SMILES string of the molecule is CCN(CC)c1ccc(C(=S)NCc2ccc(C)cc2)cc1. The molecule has 0 aliphatic carbocycles. The van der Waals surface area contributed by atoms with Crippen LogP contribution in [0.25, 0.3) is 0 Å². The van der Waals surface area contributed by atoms with Crippen molar-refractivity contribution in [2.75, 3.05) is 18.0 Å². The summed E-state index contributed by atoms with van der Waals surface area (Å²) in [6, 6.07) is 17.0. The molecule has 0 aliphatic heterocycles. The molecule has 1 N–H and O–H groups in total. The highest BCUT2D eigenvalue weighted by Crippen LogP contribution is 2.15. The zero-order valence-corrected chi connectivity index (χ0v) is 14.4. The Balaban J connectivity index is 1.96. The predicted octanol–water partition coefficient (Wildman–Crippen LogP) is 4.31. The van der Waals surface area contributed by atoms with Gasteiger partial charge in [-0.1, -0.05) is 42.0 Å². The van der Waals surface area contributed by atoms with Crippen molar-refractivity contribution in [3.63, 3.8) is 0 Å². The van der Waals surface area contributed by atoms with Crippen molar-refractivity contribution < 1.29 is 0 Å². The van der Waals surface area contributed by atoms with Crippen molar-refractivity contribution in [2.45, 2.75) is 27.3 Å². The van der Waals surface area contributed by atoms with E-state index in [-0.39, 0.29) is 0 Å². The van der Waals surface area contributed by atoms with Gasteiger partial charge in [0.2, 0.25) is 0 Å². The zero-order chi connectivity index (χ0) is 15.9. The Morgan fingerprint density at radius 3 is 2.09 bits per heavy atom. The highest BCUT2D eigenvalue weighted by atomic mass is 32.1. The molecule has 2 nitrogen and oxygen atoms in total. The molecule has 0 atom stereocenters. The molecule has 2 aromatic rings. The number of anilines is 1. The van der Waals surface area contributed by atoms with Crippen LogP contribution in [0.15, 0.2) is 48.5 Å². The lowest BCUT2D eigenvalue weighted by molar-refractivity contribution is 0.866. The Kier molecular flexibility index (Phi) is 5.96. The van der Waals surface area contributed by atoms with Gasteiger partial charge in [0.25, 0.3) is 0 Å². The Labute approximate surface area is 139 Å². The minimum Gasteiger partial charge on any atom is -0.372 e. The van der Waals surface area contributed by atoms with Crippen LogP contribution in [-0.2, 0) is 6.54 Å². The standard InChI is InChI=1S/C19H24N2S/c1-4-21(5-2)18-12-10-17(11-13-18)19(22)20-14-16-8-6-15(3)7-9-16/h6-13H,4-5,14H2,1-3H3,(H,20,22). The molecular weight excluding hydrogens is 288 g/mol. The Bertz CT molecular complexity index is 598. The lowest BCUT2D eigenvalue weighted by Crippen LogP contribution is -2.23.